The van der Waals surface area contributed by atoms with Crippen LogP contribution in [0.15, 0.2) is 35.1 Å². The van der Waals surface area contributed by atoms with Crippen LogP contribution < -0.4 is 16.4 Å². The second-order valence-corrected chi connectivity index (χ2v) is 9.88. The van der Waals surface area contributed by atoms with Crippen LogP contribution in [0.1, 0.15) is 40.3 Å². The van der Waals surface area contributed by atoms with E-state index in [2.05, 4.69) is 30.9 Å². The number of carbonyl (C=O) groups is 1. The molecule has 0 atom stereocenters. The van der Waals surface area contributed by atoms with Gasteiger partial charge in [0.2, 0.25) is 5.88 Å². The van der Waals surface area contributed by atoms with E-state index in [1.807, 2.05) is 20.8 Å². The molecule has 0 spiro atoms. The first-order valence-electron chi connectivity index (χ1n) is 10.9. The topological polar surface area (TPSA) is 157 Å². The number of rotatable bonds is 5. The number of aromatic nitrogens is 5. The molecule has 0 saturated carbocycles. The van der Waals surface area contributed by atoms with E-state index in [1.54, 1.807) is 26.0 Å². The van der Waals surface area contributed by atoms with E-state index >= 15 is 0 Å². The summed E-state index contributed by atoms with van der Waals surface area (Å²) >= 11 is 0. The highest BCUT2D eigenvalue weighted by Gasteiger charge is 2.23. The number of urea groups is 1. The zero-order valence-corrected chi connectivity index (χ0v) is 20.0. The van der Waals surface area contributed by atoms with Crippen LogP contribution in [0.4, 0.5) is 26.6 Å². The van der Waals surface area contributed by atoms with Crippen molar-refractivity contribution in [3.05, 3.63) is 42.1 Å². The van der Waals surface area contributed by atoms with Gasteiger partial charge in [0.15, 0.2) is 5.65 Å². The third-order valence-corrected chi connectivity index (χ3v) is 5.10. The standard InChI is InChI=1S/C23H27FN8O3/c1-22(2,3)15-9-16(35-31-15)29-21(33)28-14-7-6-12(8-13(14)24)18-17-19(25)26-11-27-20(17)32(30-18)10-23(4,5)34/h6-9,11,34H,10H2,1-5H3,(H2,25,26,27)(H2,28,29,33). The van der Waals surface area contributed by atoms with Gasteiger partial charge >= 0.3 is 6.03 Å². The van der Waals surface area contributed by atoms with Crippen LogP contribution in [0.2, 0.25) is 0 Å². The molecule has 0 saturated heterocycles. The number of amides is 2. The number of hydrogen-bond acceptors (Lipinski definition) is 8. The van der Waals surface area contributed by atoms with Gasteiger partial charge in [-0.25, -0.2) is 23.8 Å². The number of fused-ring (bicyclic) bond motifs is 1. The van der Waals surface area contributed by atoms with Crippen molar-refractivity contribution in [3.8, 4) is 11.3 Å². The van der Waals surface area contributed by atoms with Gasteiger partial charge in [-0.1, -0.05) is 32.0 Å². The fourth-order valence-corrected chi connectivity index (χ4v) is 3.43. The number of aliphatic hydroxyl groups is 1. The summed E-state index contributed by atoms with van der Waals surface area (Å²) in [5.74, 6) is -0.370. The lowest BCUT2D eigenvalue weighted by Crippen LogP contribution is -2.26. The van der Waals surface area contributed by atoms with Crippen LogP contribution in [0.5, 0.6) is 0 Å². The fourth-order valence-electron chi connectivity index (χ4n) is 3.43. The molecule has 1 aromatic carbocycles. The highest BCUT2D eigenvalue weighted by Crippen LogP contribution is 2.32. The Morgan fingerprint density at radius 3 is 2.54 bits per heavy atom. The molecule has 0 aliphatic heterocycles. The highest BCUT2D eigenvalue weighted by molar-refractivity contribution is 6.00. The fraction of sp³-hybridized carbons (Fsp3) is 0.348. The lowest BCUT2D eigenvalue weighted by molar-refractivity contribution is 0.0590. The summed E-state index contributed by atoms with van der Waals surface area (Å²) in [5, 5.41) is 24.1. The molecule has 0 radical (unpaired) electrons. The minimum atomic E-state index is -1.07. The highest BCUT2D eigenvalue weighted by atomic mass is 19.1. The van der Waals surface area contributed by atoms with Crippen molar-refractivity contribution in [1.82, 2.24) is 24.9 Å². The first-order valence-corrected chi connectivity index (χ1v) is 10.9. The predicted molar refractivity (Wildman–Crippen MR) is 129 cm³/mol. The maximum Gasteiger partial charge on any atom is 0.326 e. The summed E-state index contributed by atoms with van der Waals surface area (Å²) in [6, 6.07) is 5.15. The Hall–Kier alpha value is -4.06. The third kappa shape index (κ3) is 5.22. The first kappa shape index (κ1) is 24.1. The van der Waals surface area contributed by atoms with Crippen LogP contribution in [-0.4, -0.2) is 41.6 Å². The Bertz CT molecular complexity index is 1400. The van der Waals surface area contributed by atoms with Gasteiger partial charge in [0.25, 0.3) is 0 Å². The number of nitrogens with one attached hydrogen (secondary N) is 2. The SMILES string of the molecule is CC(C)(O)Cn1nc(-c2ccc(NC(=O)Nc3cc(C(C)(C)C)no3)c(F)c2)c2c(N)ncnc21. The quantitative estimate of drug-likeness (QED) is 0.333. The number of carbonyl (C=O) groups excluding carboxylic acids is 1. The van der Waals surface area contributed by atoms with Gasteiger partial charge in [0.05, 0.1) is 28.9 Å². The van der Waals surface area contributed by atoms with E-state index in [4.69, 9.17) is 10.3 Å². The molecule has 5 N–H and O–H groups in total. The summed E-state index contributed by atoms with van der Waals surface area (Å²) in [4.78, 5) is 20.6. The largest absolute Gasteiger partial charge is 0.389 e. The zero-order chi connectivity index (χ0) is 25.5. The summed E-state index contributed by atoms with van der Waals surface area (Å²) in [5.41, 5.74) is 6.54. The van der Waals surface area contributed by atoms with Gasteiger partial charge in [-0.2, -0.15) is 5.10 Å². The van der Waals surface area contributed by atoms with Gasteiger partial charge in [0.1, 0.15) is 23.7 Å². The molecule has 12 heteroatoms. The third-order valence-electron chi connectivity index (χ3n) is 5.10. The minimum Gasteiger partial charge on any atom is -0.389 e. The molecule has 2 amide bonds. The van der Waals surface area contributed by atoms with Gasteiger partial charge in [-0.15, -0.1) is 0 Å². The van der Waals surface area contributed by atoms with Gasteiger partial charge in [0, 0.05) is 17.0 Å². The van der Waals surface area contributed by atoms with Crippen molar-refractivity contribution in [2.24, 2.45) is 0 Å². The molecule has 11 nitrogen and oxygen atoms in total. The van der Waals surface area contributed by atoms with Crippen molar-refractivity contribution in [2.45, 2.75) is 52.2 Å². The van der Waals surface area contributed by atoms with Crippen molar-refractivity contribution in [3.63, 3.8) is 0 Å². The van der Waals surface area contributed by atoms with Crippen LogP contribution in [0.3, 0.4) is 0 Å². The second-order valence-electron chi connectivity index (χ2n) is 9.88. The van der Waals surface area contributed by atoms with E-state index in [9.17, 15) is 14.3 Å². The Morgan fingerprint density at radius 1 is 1.17 bits per heavy atom. The number of nitrogen functional groups attached to an aromatic ring is 1. The molecule has 0 aliphatic carbocycles. The molecule has 4 aromatic rings. The lowest BCUT2D eigenvalue weighted by atomic mass is 9.92. The molecular formula is C23H27FN8O3. The first-order chi connectivity index (χ1) is 16.3. The van der Waals surface area contributed by atoms with E-state index in [0.29, 0.717) is 28.0 Å². The summed E-state index contributed by atoms with van der Waals surface area (Å²) in [6.07, 6.45) is 1.30. The van der Waals surface area contributed by atoms with Crippen LogP contribution >= 0.6 is 0 Å². The smallest absolute Gasteiger partial charge is 0.326 e. The molecule has 35 heavy (non-hydrogen) atoms. The molecular weight excluding hydrogens is 455 g/mol. The van der Waals surface area contributed by atoms with Crippen LogP contribution in [0.25, 0.3) is 22.3 Å². The molecule has 4 rings (SSSR count). The number of halogens is 1. The number of nitrogens with zero attached hydrogens (tertiary/aromatic N) is 5. The molecule has 0 unspecified atom stereocenters. The van der Waals surface area contributed by atoms with Crippen LogP contribution in [0, 0.1) is 5.82 Å². The van der Waals surface area contributed by atoms with Gasteiger partial charge in [-0.05, 0) is 26.0 Å². The van der Waals surface area contributed by atoms with Crippen LogP contribution in [-0.2, 0) is 12.0 Å². The maximum atomic E-state index is 15.0. The number of benzene rings is 1. The summed E-state index contributed by atoms with van der Waals surface area (Å²) in [7, 11) is 0. The Labute approximate surface area is 200 Å². The molecule has 0 bridgehead atoms. The lowest BCUT2D eigenvalue weighted by Gasteiger charge is -2.16. The summed E-state index contributed by atoms with van der Waals surface area (Å²) < 4.78 is 21.6. The Morgan fingerprint density at radius 2 is 1.91 bits per heavy atom. The Kier molecular flexibility index (Phi) is 5.93. The average Bonchev–Trinajstić information content (AvgIpc) is 3.34. The molecule has 0 aliphatic rings. The van der Waals surface area contributed by atoms with Crippen molar-refractivity contribution in [1.29, 1.82) is 0 Å². The van der Waals surface area contributed by atoms with E-state index < -0.39 is 17.4 Å². The second kappa shape index (κ2) is 8.62. The zero-order valence-electron chi connectivity index (χ0n) is 20.0. The van der Waals surface area contributed by atoms with Gasteiger partial charge in [-0.3, -0.25) is 5.32 Å². The van der Waals surface area contributed by atoms with E-state index in [-0.39, 0.29) is 29.3 Å². The van der Waals surface area contributed by atoms with Gasteiger partial charge < -0.3 is 20.7 Å². The molecule has 3 aromatic heterocycles. The van der Waals surface area contributed by atoms with E-state index in [1.165, 1.54) is 23.1 Å². The van der Waals surface area contributed by atoms with Crippen molar-refractivity contribution in [2.75, 3.05) is 16.4 Å². The molecule has 0 fully saturated rings. The monoisotopic (exact) mass is 482 g/mol. The predicted octanol–water partition coefficient (Wildman–Crippen LogP) is 3.92. The van der Waals surface area contributed by atoms with E-state index in [0.717, 1.165) is 0 Å². The normalized spacial score (nSPS) is 12.2. The number of hydrogen-bond donors (Lipinski definition) is 4. The number of anilines is 3. The Balaban J connectivity index is 1.59. The minimum absolute atomic E-state index is 0.0498. The number of nitrogens with two attached hydrogens (primary N) is 1. The van der Waals surface area contributed by atoms with Crippen molar-refractivity contribution >= 4 is 34.5 Å². The maximum absolute atomic E-state index is 15.0. The van der Waals surface area contributed by atoms with Crippen molar-refractivity contribution < 1.29 is 18.8 Å². The summed E-state index contributed by atoms with van der Waals surface area (Å²) in [6.45, 7) is 9.30. The average molecular weight is 483 g/mol. The molecule has 3 heterocycles. The molecule has 184 valence electrons.